The van der Waals surface area contributed by atoms with Crippen molar-refractivity contribution in [3.63, 3.8) is 0 Å². The van der Waals surface area contributed by atoms with Gasteiger partial charge in [-0.2, -0.15) is 0 Å². The first-order chi connectivity index (χ1) is 37.5. The average Bonchev–Trinajstić information content (AvgIpc) is 0.877. The van der Waals surface area contributed by atoms with Gasteiger partial charge in [0.2, 0.25) is 0 Å². The molecule has 0 saturated heterocycles. The highest BCUT2D eigenvalue weighted by molar-refractivity contribution is 5.97. The van der Waals surface area contributed by atoms with E-state index in [2.05, 4.69) is 4.98 Å². The Morgan fingerprint density at radius 2 is 1.34 bits per heavy atom. The summed E-state index contributed by atoms with van der Waals surface area (Å²) in [4.78, 5) is 9.51. The summed E-state index contributed by atoms with van der Waals surface area (Å²) in [5.41, 5.74) is -2.90. The van der Waals surface area contributed by atoms with Crippen molar-refractivity contribution in [2.24, 2.45) is 0 Å². The van der Waals surface area contributed by atoms with Crippen molar-refractivity contribution in [1.29, 1.82) is 0 Å². The van der Waals surface area contributed by atoms with Crippen LogP contribution in [-0.2, 0) is 10.8 Å². The maximum absolute atomic E-state index is 11.5. The molecule has 0 saturated carbocycles. The maximum atomic E-state index is 11.5. The molecule has 0 aliphatic heterocycles. The zero-order valence-electron chi connectivity index (χ0n) is 56.0. The number of hydrogen-bond acceptors (Lipinski definition) is 3. The van der Waals surface area contributed by atoms with E-state index in [1.54, 1.807) is 117 Å². The van der Waals surface area contributed by atoms with Crippen molar-refractivity contribution in [1.82, 2.24) is 14.5 Å². The topological polar surface area (TPSA) is 50.9 Å². The number of aryl methyl sites for hydroxylation is 1. The molecule has 4 heteroatoms. The van der Waals surface area contributed by atoms with E-state index in [0.717, 1.165) is 0 Å². The Hall–Kier alpha value is -6.26. The number of hydrogen-bond donors (Lipinski definition) is 1. The first kappa shape index (κ1) is 23.1. The van der Waals surface area contributed by atoms with Crippen LogP contribution in [0.2, 0.25) is 0 Å². The van der Waals surface area contributed by atoms with Gasteiger partial charge in [0.1, 0.15) is 11.6 Å². The molecule has 8 rings (SSSR count). The highest BCUT2D eigenvalue weighted by Gasteiger charge is 2.24. The summed E-state index contributed by atoms with van der Waals surface area (Å²) in [5.74, 6) is -2.33. The molecule has 61 heavy (non-hydrogen) atoms. The van der Waals surface area contributed by atoms with Crippen LogP contribution in [0.3, 0.4) is 0 Å². The summed E-state index contributed by atoms with van der Waals surface area (Å²) in [6.07, 6.45) is -0.790. The molecule has 0 radical (unpaired) electrons. The lowest BCUT2D eigenvalue weighted by molar-refractivity contribution is 0.477. The number of imidazole rings is 1. The van der Waals surface area contributed by atoms with Crippen LogP contribution in [0, 0.1) is 6.85 Å². The Balaban J connectivity index is 1.42. The van der Waals surface area contributed by atoms with Gasteiger partial charge < -0.3 is 5.11 Å². The lowest BCUT2D eigenvalue weighted by Gasteiger charge is -2.22. The molecule has 2 heterocycles. The number of aromatic hydroxyl groups is 1. The molecular formula is C57H59N3O. The Bertz CT molecular complexity index is 3770. The zero-order chi connectivity index (χ0) is 61.3. The van der Waals surface area contributed by atoms with Gasteiger partial charge in [-0.15, -0.1) is 0 Å². The largest absolute Gasteiger partial charge is 0.507 e. The Morgan fingerprint density at radius 1 is 0.656 bits per heavy atom. The van der Waals surface area contributed by atoms with Crippen LogP contribution in [0.4, 0.5) is 0 Å². The lowest BCUT2D eigenvalue weighted by Crippen LogP contribution is -2.11. The molecule has 0 bridgehead atoms. The van der Waals surface area contributed by atoms with Gasteiger partial charge in [-0.1, -0.05) is 148 Å². The van der Waals surface area contributed by atoms with Crippen LogP contribution in [0.15, 0.2) is 139 Å². The number of aromatic nitrogens is 3. The van der Waals surface area contributed by atoms with E-state index in [1.807, 2.05) is 26.8 Å². The van der Waals surface area contributed by atoms with Crippen LogP contribution in [-0.4, -0.2) is 19.6 Å². The molecule has 4 nitrogen and oxygen atoms in total. The molecule has 2 aromatic heterocycles. The van der Waals surface area contributed by atoms with E-state index >= 15 is 0 Å². The van der Waals surface area contributed by atoms with E-state index in [0.29, 0.717) is 50.0 Å². The van der Waals surface area contributed by atoms with Crippen molar-refractivity contribution < 1.29 is 33.9 Å². The van der Waals surface area contributed by atoms with Gasteiger partial charge in [0, 0.05) is 36.5 Å². The predicted octanol–water partition coefficient (Wildman–Crippen LogP) is 15.6. The van der Waals surface area contributed by atoms with E-state index in [9.17, 15) is 6.48 Å². The number of nitrogens with zero attached hydrogens (tertiary/aromatic N) is 3. The third-order valence-corrected chi connectivity index (χ3v) is 10.7. The van der Waals surface area contributed by atoms with Crippen LogP contribution >= 0.6 is 0 Å². The number of phenols is 1. The lowest BCUT2D eigenvalue weighted by atomic mass is 9.83. The Labute approximate surface area is 392 Å². The van der Waals surface area contributed by atoms with Crippen LogP contribution < -0.4 is 0 Å². The second-order valence-corrected chi connectivity index (χ2v) is 16.7. The number of para-hydroxylation sites is 2. The molecule has 0 amide bonds. The summed E-state index contributed by atoms with van der Waals surface area (Å²) in [6.45, 7) is -2.03. The van der Waals surface area contributed by atoms with Crippen LogP contribution in [0.1, 0.15) is 137 Å². The van der Waals surface area contributed by atoms with Crippen molar-refractivity contribution in [2.45, 2.75) is 98.5 Å². The molecule has 0 aliphatic rings. The fourth-order valence-corrected chi connectivity index (χ4v) is 7.56. The minimum atomic E-state index is -3.95. The molecule has 0 fully saturated rings. The average molecular weight is 823 g/mol. The Kier molecular flexibility index (Phi) is 6.05. The Morgan fingerprint density at radius 3 is 2.02 bits per heavy atom. The molecule has 0 spiro atoms. The number of rotatable bonds is 8. The van der Waals surface area contributed by atoms with E-state index in [1.165, 1.54) is 6.07 Å². The molecule has 0 unspecified atom stereocenters. The quantitative estimate of drug-likeness (QED) is 0.166. The second-order valence-electron chi connectivity index (χ2n) is 16.7. The number of phenolic OH excluding ortho intramolecular Hbond substituents is 1. The van der Waals surface area contributed by atoms with Gasteiger partial charge >= 0.3 is 0 Å². The fourth-order valence-electron chi connectivity index (χ4n) is 7.56. The van der Waals surface area contributed by atoms with Crippen molar-refractivity contribution in [2.75, 3.05) is 0 Å². The predicted molar refractivity (Wildman–Crippen MR) is 258 cm³/mol. The summed E-state index contributed by atoms with van der Waals surface area (Å²) >= 11 is 0. The number of fused-ring (bicyclic) bond motifs is 1. The first-order valence-electron chi connectivity index (χ1n) is 30.3. The summed E-state index contributed by atoms with van der Waals surface area (Å²) in [7, 11) is 0. The molecule has 6 aromatic carbocycles. The number of pyridine rings is 1. The van der Waals surface area contributed by atoms with Crippen LogP contribution in [0.5, 0.6) is 5.75 Å². The minimum absolute atomic E-state index is 0.105. The maximum Gasteiger partial charge on any atom is 0.149 e. The standard InChI is InChI=1S/C57H59N3O/c1-35(2)45-17-14-18-46(36(3)4)53(45)40-24-27-50(37(5)30-40)60-51-20-15-19-47(54(51)59-55(60)48-16-12-13-21-52(48)61)41-31-42(33-44(32-41)57(9,10)11)49-34-39(28-29-58-49)38-22-25-43(26-23-38)56(6,7)8/h12-36,61H,1-11H3/i5D3,6D3,7D3,8D3,22D,23D,25D,26D,28D,29D,34D,35D,36D. The summed E-state index contributed by atoms with van der Waals surface area (Å²) in [6, 6.07) is 20.5. The monoisotopic (exact) mass is 823 g/mol. The van der Waals surface area contributed by atoms with E-state index in [-0.39, 0.29) is 39.6 Å². The van der Waals surface area contributed by atoms with Crippen LogP contribution in [0.25, 0.3) is 72.7 Å². The third-order valence-electron chi connectivity index (χ3n) is 10.7. The molecule has 8 aromatic rings. The second kappa shape index (κ2) is 16.0. The van der Waals surface area contributed by atoms with E-state index in [4.69, 9.17) is 32.4 Å². The van der Waals surface area contributed by atoms with Crippen molar-refractivity contribution in [3.8, 4) is 67.5 Å². The molecular weight excluding hydrogens is 743 g/mol. The zero-order valence-corrected chi connectivity index (χ0v) is 35.0. The molecule has 308 valence electrons. The minimum Gasteiger partial charge on any atom is -0.507 e. The van der Waals surface area contributed by atoms with E-state index < -0.39 is 109 Å². The summed E-state index contributed by atoms with van der Waals surface area (Å²) < 4.78 is 185. The highest BCUT2D eigenvalue weighted by atomic mass is 16.3. The summed E-state index contributed by atoms with van der Waals surface area (Å²) in [5, 5.41) is 11.5. The first-order valence-corrected chi connectivity index (χ1v) is 19.8. The molecule has 1 N–H and O–H groups in total. The molecule has 0 aliphatic carbocycles. The van der Waals surface area contributed by atoms with Gasteiger partial charge in [-0.3, -0.25) is 9.55 Å². The normalized spacial score (nSPS) is 18.4. The smallest absolute Gasteiger partial charge is 0.149 e. The molecule has 0 atom stereocenters. The van der Waals surface area contributed by atoms with Gasteiger partial charge in [-0.05, 0) is 140 Å². The van der Waals surface area contributed by atoms with Gasteiger partial charge in [0.15, 0.2) is 0 Å². The highest BCUT2D eigenvalue weighted by Crippen LogP contribution is 2.42. The number of benzene rings is 6. The SMILES string of the molecule is [2H]c1nc(-c2cc(-c3cccc4c3nc(-c3ccccc3O)n4-c3ccc(-c4c(C([2H])(C)C)cccc4C([2H])(C)C)cc3C([2H])([2H])[2H])cc(C(C)(C)C)c2)c([2H])c(-c2c([2H])c([2H])c(C(C([2H])([2H])[2H])(C([2H])([2H])[2H])C([2H])([2H])[2H])c([2H])c2[2H])c1[2H]. The third kappa shape index (κ3) is 8.04. The van der Waals surface area contributed by atoms with Gasteiger partial charge in [0.05, 0.1) is 37.6 Å². The van der Waals surface area contributed by atoms with Gasteiger partial charge in [0.25, 0.3) is 0 Å². The van der Waals surface area contributed by atoms with Gasteiger partial charge in [-0.25, -0.2) is 4.98 Å². The fraction of sp³-hybridized carbons (Fsp3) is 0.263. The van der Waals surface area contributed by atoms with Crippen molar-refractivity contribution >= 4 is 11.0 Å². The van der Waals surface area contributed by atoms with Crippen molar-refractivity contribution in [3.05, 3.63) is 167 Å².